The number of benzene rings is 3. The summed E-state index contributed by atoms with van der Waals surface area (Å²) in [5.74, 6) is 0.342. The van der Waals surface area contributed by atoms with E-state index in [1.165, 1.54) is 10.4 Å². The quantitative estimate of drug-likeness (QED) is 0.578. The fraction of sp³-hybridized carbons (Fsp3) is 0.240. The maximum absolute atomic E-state index is 13.0. The molecule has 3 aromatic carbocycles. The van der Waals surface area contributed by atoms with Crippen molar-refractivity contribution in [3.63, 3.8) is 0 Å². The summed E-state index contributed by atoms with van der Waals surface area (Å²) in [5, 5.41) is 2.79. The number of rotatable bonds is 7. The van der Waals surface area contributed by atoms with Crippen molar-refractivity contribution in [2.45, 2.75) is 11.5 Å². The Hall–Kier alpha value is -3.20. The Bertz CT molecular complexity index is 1190. The minimum Gasteiger partial charge on any atom is -0.489 e. The van der Waals surface area contributed by atoms with Crippen molar-refractivity contribution in [2.24, 2.45) is 0 Å². The molecule has 1 N–H and O–H groups in total. The Balaban J connectivity index is 1.39. The zero-order chi connectivity index (χ0) is 23.3. The molecule has 0 bridgehead atoms. The molecule has 4 rings (SSSR count). The number of nitrogens with one attached hydrogen (secondary N) is 1. The zero-order valence-electron chi connectivity index (χ0n) is 18.5. The minimum absolute atomic E-state index is 0.175. The van der Waals surface area contributed by atoms with Gasteiger partial charge < -0.3 is 15.0 Å². The summed E-state index contributed by atoms with van der Waals surface area (Å²) in [6, 6.07) is 23.1. The number of carbonyl (C=O) groups excluding carboxylic acids is 1. The topological polar surface area (TPSA) is 79.0 Å². The number of hydrogen-bond donors (Lipinski definition) is 1. The first-order valence-corrected chi connectivity index (χ1v) is 12.2. The summed E-state index contributed by atoms with van der Waals surface area (Å²) in [6.45, 7) is 2.74. The molecule has 1 saturated heterocycles. The van der Waals surface area contributed by atoms with Crippen molar-refractivity contribution in [2.75, 3.05) is 38.5 Å². The summed E-state index contributed by atoms with van der Waals surface area (Å²) in [7, 11) is -1.63. The normalized spacial score (nSPS) is 15.2. The molecule has 172 valence electrons. The highest BCUT2D eigenvalue weighted by Crippen LogP contribution is 2.22. The highest BCUT2D eigenvalue weighted by Gasteiger charge is 2.27. The molecule has 0 saturated carbocycles. The molecule has 1 aliphatic heterocycles. The van der Waals surface area contributed by atoms with Gasteiger partial charge in [0.15, 0.2) is 0 Å². The van der Waals surface area contributed by atoms with Crippen LogP contribution in [0.2, 0.25) is 0 Å². The minimum atomic E-state index is -3.60. The molecule has 0 unspecified atom stereocenters. The zero-order valence-corrected chi connectivity index (χ0v) is 19.3. The lowest BCUT2D eigenvalue weighted by Gasteiger charge is -2.31. The summed E-state index contributed by atoms with van der Waals surface area (Å²) in [4.78, 5) is 15.0. The lowest BCUT2D eigenvalue weighted by atomic mass is 10.2. The lowest BCUT2D eigenvalue weighted by Crippen LogP contribution is -2.47. The molecule has 1 heterocycles. The fourth-order valence-electron chi connectivity index (χ4n) is 3.56. The Morgan fingerprint density at radius 1 is 0.909 bits per heavy atom. The van der Waals surface area contributed by atoms with Gasteiger partial charge >= 0.3 is 0 Å². The van der Waals surface area contributed by atoms with Gasteiger partial charge in [-0.1, -0.05) is 36.4 Å². The lowest BCUT2D eigenvalue weighted by molar-refractivity contribution is 0.102. The number of carbonyl (C=O) groups is 1. The molecule has 8 heteroatoms. The molecule has 0 aromatic heterocycles. The van der Waals surface area contributed by atoms with E-state index < -0.39 is 10.0 Å². The van der Waals surface area contributed by atoms with E-state index in [0.717, 1.165) is 5.56 Å². The van der Waals surface area contributed by atoms with Gasteiger partial charge in [-0.2, -0.15) is 4.31 Å². The summed E-state index contributed by atoms with van der Waals surface area (Å²) in [5.41, 5.74) is 1.94. The maximum Gasteiger partial charge on any atom is 0.255 e. The van der Waals surface area contributed by atoms with Gasteiger partial charge in [-0.05, 0) is 55.1 Å². The molecule has 7 nitrogen and oxygen atoms in total. The van der Waals surface area contributed by atoms with Crippen molar-refractivity contribution in [3.8, 4) is 5.75 Å². The number of anilines is 1. The molecule has 0 aliphatic carbocycles. The van der Waals surface area contributed by atoms with Crippen molar-refractivity contribution in [3.05, 3.63) is 90.0 Å². The van der Waals surface area contributed by atoms with Crippen LogP contribution in [0.25, 0.3) is 0 Å². The van der Waals surface area contributed by atoms with Crippen LogP contribution < -0.4 is 10.1 Å². The highest BCUT2D eigenvalue weighted by atomic mass is 32.2. The van der Waals surface area contributed by atoms with Gasteiger partial charge in [0.05, 0.1) is 4.90 Å². The van der Waals surface area contributed by atoms with Gasteiger partial charge in [0, 0.05) is 37.4 Å². The average molecular weight is 466 g/mol. The van der Waals surface area contributed by atoms with Crippen molar-refractivity contribution < 1.29 is 17.9 Å². The van der Waals surface area contributed by atoms with Crippen LogP contribution in [0.15, 0.2) is 83.8 Å². The van der Waals surface area contributed by atoms with Crippen LogP contribution >= 0.6 is 0 Å². The number of hydrogen-bond acceptors (Lipinski definition) is 5. The summed E-state index contributed by atoms with van der Waals surface area (Å²) >= 11 is 0. The van der Waals surface area contributed by atoms with E-state index >= 15 is 0 Å². The second-order valence-corrected chi connectivity index (χ2v) is 9.93. The Kier molecular flexibility index (Phi) is 7.08. The molecule has 1 amide bonds. The van der Waals surface area contributed by atoms with Gasteiger partial charge in [-0.15, -0.1) is 0 Å². The summed E-state index contributed by atoms with van der Waals surface area (Å²) < 4.78 is 33.2. The summed E-state index contributed by atoms with van der Waals surface area (Å²) in [6.07, 6.45) is 0. The van der Waals surface area contributed by atoms with Gasteiger partial charge in [-0.25, -0.2) is 8.42 Å². The molecule has 0 spiro atoms. The van der Waals surface area contributed by atoms with Crippen LogP contribution in [0.1, 0.15) is 15.9 Å². The van der Waals surface area contributed by atoms with Crippen LogP contribution in [0.3, 0.4) is 0 Å². The third kappa shape index (κ3) is 5.78. The number of sulfonamides is 1. The van der Waals surface area contributed by atoms with E-state index in [1.807, 2.05) is 37.4 Å². The number of piperazine rings is 1. The van der Waals surface area contributed by atoms with E-state index in [9.17, 15) is 13.2 Å². The van der Waals surface area contributed by atoms with Crippen LogP contribution in [-0.2, 0) is 16.6 Å². The second-order valence-electron chi connectivity index (χ2n) is 7.99. The van der Waals surface area contributed by atoms with E-state index in [-0.39, 0.29) is 10.8 Å². The molecular formula is C25H27N3O4S. The average Bonchev–Trinajstić information content (AvgIpc) is 2.84. The number of likely N-dealkylation sites (N-methyl/N-ethyl adjacent to an activating group) is 1. The Morgan fingerprint density at radius 2 is 1.61 bits per heavy atom. The van der Waals surface area contributed by atoms with Crippen LogP contribution in [-0.4, -0.2) is 56.8 Å². The van der Waals surface area contributed by atoms with E-state index in [0.29, 0.717) is 49.8 Å². The van der Waals surface area contributed by atoms with Crippen LogP contribution in [0.4, 0.5) is 5.69 Å². The van der Waals surface area contributed by atoms with Gasteiger partial charge in [-0.3, -0.25) is 4.79 Å². The monoisotopic (exact) mass is 465 g/mol. The number of amides is 1. The smallest absolute Gasteiger partial charge is 0.255 e. The Morgan fingerprint density at radius 3 is 2.30 bits per heavy atom. The molecule has 33 heavy (non-hydrogen) atoms. The molecular weight excluding hydrogens is 438 g/mol. The standard InChI is InChI=1S/C25H27N3O4S/c1-27-14-16-28(17-15-27)33(30,31)24-9-5-8-22(18-24)26-25(29)21-10-12-23(13-11-21)32-19-20-6-3-2-4-7-20/h2-13,18H,14-17,19H2,1H3,(H,26,29). The van der Waals surface area contributed by atoms with E-state index in [4.69, 9.17) is 4.74 Å². The first-order valence-electron chi connectivity index (χ1n) is 10.8. The predicted molar refractivity (Wildman–Crippen MR) is 128 cm³/mol. The molecule has 1 aliphatic rings. The van der Waals surface area contributed by atoms with Gasteiger partial charge in [0.25, 0.3) is 5.91 Å². The second kappa shape index (κ2) is 10.2. The van der Waals surface area contributed by atoms with Gasteiger partial charge in [0.2, 0.25) is 10.0 Å². The van der Waals surface area contributed by atoms with Crippen molar-refractivity contribution in [1.82, 2.24) is 9.21 Å². The third-order valence-electron chi connectivity index (χ3n) is 5.56. The van der Waals surface area contributed by atoms with Crippen LogP contribution in [0, 0.1) is 0 Å². The largest absolute Gasteiger partial charge is 0.489 e. The number of nitrogens with zero attached hydrogens (tertiary/aromatic N) is 2. The van der Waals surface area contributed by atoms with Crippen molar-refractivity contribution >= 4 is 21.6 Å². The molecule has 0 radical (unpaired) electrons. The van der Waals surface area contributed by atoms with Gasteiger partial charge in [0.1, 0.15) is 12.4 Å². The highest BCUT2D eigenvalue weighted by molar-refractivity contribution is 7.89. The molecule has 1 fully saturated rings. The fourth-order valence-corrected chi connectivity index (χ4v) is 5.03. The van der Waals surface area contributed by atoms with Crippen molar-refractivity contribution in [1.29, 1.82) is 0 Å². The third-order valence-corrected chi connectivity index (χ3v) is 7.45. The SMILES string of the molecule is CN1CCN(S(=O)(=O)c2cccc(NC(=O)c3ccc(OCc4ccccc4)cc3)c2)CC1. The first kappa shape index (κ1) is 23.0. The number of ether oxygens (including phenoxy) is 1. The maximum atomic E-state index is 13.0. The van der Waals surface area contributed by atoms with E-state index in [1.54, 1.807) is 42.5 Å². The molecule has 0 atom stereocenters. The van der Waals surface area contributed by atoms with Crippen LogP contribution in [0.5, 0.6) is 5.75 Å². The predicted octanol–water partition coefficient (Wildman–Crippen LogP) is 3.45. The van der Waals surface area contributed by atoms with E-state index in [2.05, 4.69) is 10.2 Å². The first-order chi connectivity index (χ1) is 15.9. The Labute approximate surface area is 194 Å². The molecule has 3 aromatic rings.